The number of carboxylic acids is 1. The van der Waals surface area contributed by atoms with Gasteiger partial charge in [-0.1, -0.05) is 6.07 Å². The number of morpholine rings is 1. The zero-order chi connectivity index (χ0) is 20.0. The number of pyridine rings is 1. The fraction of sp³-hybridized carbons (Fsp3) is 0.222. The van der Waals surface area contributed by atoms with Gasteiger partial charge >= 0.3 is 5.97 Å². The zero-order valence-corrected chi connectivity index (χ0v) is 14.6. The van der Waals surface area contributed by atoms with E-state index in [1.165, 1.54) is 12.1 Å². The number of hydrogen-bond donors (Lipinski definition) is 3. The molecule has 0 radical (unpaired) electrons. The number of hydrogen-bond acceptors (Lipinski definition) is 7. The molecule has 2 aliphatic rings. The van der Waals surface area contributed by atoms with Crippen molar-refractivity contribution in [1.29, 1.82) is 0 Å². The fourth-order valence-corrected chi connectivity index (χ4v) is 3.53. The lowest BCUT2D eigenvalue weighted by atomic mass is 10.1. The third-order valence-electron chi connectivity index (χ3n) is 4.77. The Morgan fingerprint density at radius 3 is 2.54 bits per heavy atom. The quantitative estimate of drug-likeness (QED) is 0.619. The predicted octanol–water partition coefficient (Wildman–Crippen LogP) is -0.162. The Morgan fingerprint density at radius 2 is 1.86 bits per heavy atom. The summed E-state index contributed by atoms with van der Waals surface area (Å²) in [4.78, 5) is 50.3. The summed E-state index contributed by atoms with van der Waals surface area (Å²) in [5.74, 6) is -2.77. The van der Waals surface area contributed by atoms with E-state index in [1.807, 2.05) is 0 Å². The number of nitrogens with zero attached hydrogens (tertiary/aromatic N) is 2. The van der Waals surface area contributed by atoms with Gasteiger partial charge in [-0.2, -0.15) is 0 Å². The van der Waals surface area contributed by atoms with Crippen LogP contribution in [0.4, 0.5) is 11.5 Å². The van der Waals surface area contributed by atoms with Gasteiger partial charge in [-0.05, 0) is 12.1 Å². The molecule has 2 aliphatic heterocycles. The topological polar surface area (TPSA) is 144 Å². The first-order valence-corrected chi connectivity index (χ1v) is 8.50. The largest absolute Gasteiger partial charge is 0.478 e. The Morgan fingerprint density at radius 1 is 1.14 bits per heavy atom. The lowest BCUT2D eigenvalue weighted by molar-refractivity contribution is 0.0695. The first-order chi connectivity index (χ1) is 13.4. The van der Waals surface area contributed by atoms with Crippen LogP contribution in [0.1, 0.15) is 31.1 Å². The monoisotopic (exact) mass is 384 g/mol. The number of rotatable bonds is 3. The summed E-state index contributed by atoms with van der Waals surface area (Å²) in [6.45, 7) is 1.66. The Labute approximate surface area is 158 Å². The molecule has 3 heterocycles. The molecule has 144 valence electrons. The maximum atomic E-state index is 12.8. The van der Waals surface area contributed by atoms with Crippen molar-refractivity contribution in [2.75, 3.05) is 36.9 Å². The number of aromatic carboxylic acids is 1. The van der Waals surface area contributed by atoms with E-state index in [9.17, 15) is 24.3 Å². The van der Waals surface area contributed by atoms with Crippen molar-refractivity contribution in [3.63, 3.8) is 0 Å². The zero-order valence-electron chi connectivity index (χ0n) is 14.6. The van der Waals surface area contributed by atoms with Crippen LogP contribution in [0.5, 0.6) is 0 Å². The highest BCUT2D eigenvalue weighted by atomic mass is 16.5. The smallest absolute Gasteiger partial charge is 0.337 e. The van der Waals surface area contributed by atoms with Crippen molar-refractivity contribution in [3.05, 3.63) is 51.3 Å². The second kappa shape index (κ2) is 6.50. The van der Waals surface area contributed by atoms with Crippen LogP contribution in [0.3, 0.4) is 0 Å². The molecule has 1 aromatic heterocycles. The Hall–Kier alpha value is -3.66. The van der Waals surface area contributed by atoms with Crippen molar-refractivity contribution >= 4 is 29.3 Å². The highest BCUT2D eigenvalue weighted by molar-refractivity contribution is 6.23. The molecular formula is C18H16N4O6. The molecule has 0 atom stereocenters. The van der Waals surface area contributed by atoms with Crippen molar-refractivity contribution in [3.8, 4) is 5.69 Å². The van der Waals surface area contributed by atoms with Gasteiger partial charge in [0.1, 0.15) is 5.82 Å². The molecule has 2 amide bonds. The van der Waals surface area contributed by atoms with Crippen LogP contribution >= 0.6 is 0 Å². The van der Waals surface area contributed by atoms with E-state index < -0.39 is 23.3 Å². The summed E-state index contributed by atoms with van der Waals surface area (Å²) in [7, 11) is 0. The highest BCUT2D eigenvalue weighted by Crippen LogP contribution is 2.32. The number of fused-ring (bicyclic) bond motifs is 1. The molecule has 10 heteroatoms. The first-order valence-electron chi connectivity index (χ1n) is 8.50. The maximum absolute atomic E-state index is 12.8. The van der Waals surface area contributed by atoms with Crippen LogP contribution in [0.15, 0.2) is 29.1 Å². The number of ether oxygens (including phenoxy) is 1. The summed E-state index contributed by atoms with van der Waals surface area (Å²) < 4.78 is 6.39. The lowest BCUT2D eigenvalue weighted by Gasteiger charge is -2.32. The summed E-state index contributed by atoms with van der Waals surface area (Å²) in [6.07, 6.45) is 0. The number of aromatic nitrogens is 1. The van der Waals surface area contributed by atoms with E-state index in [0.29, 0.717) is 32.0 Å². The third-order valence-corrected chi connectivity index (χ3v) is 4.77. The molecule has 1 aromatic carbocycles. The summed E-state index contributed by atoms with van der Waals surface area (Å²) >= 11 is 0. The fourth-order valence-electron chi connectivity index (χ4n) is 3.53. The summed E-state index contributed by atoms with van der Waals surface area (Å²) in [6, 6.07) is 5.51. The summed E-state index contributed by atoms with van der Waals surface area (Å²) in [5.41, 5.74) is 5.79. The number of para-hydroxylation sites is 1. The Bertz CT molecular complexity index is 1080. The molecule has 2 aromatic rings. The first kappa shape index (κ1) is 17.7. The number of carboxylic acid groups (broad SMARTS) is 1. The number of anilines is 2. The van der Waals surface area contributed by atoms with Crippen LogP contribution in [0.25, 0.3) is 5.69 Å². The van der Waals surface area contributed by atoms with Gasteiger partial charge in [0.05, 0.1) is 41.3 Å². The normalized spacial score (nSPS) is 16.1. The average Bonchev–Trinajstić information content (AvgIpc) is 2.95. The van der Waals surface area contributed by atoms with Crippen molar-refractivity contribution < 1.29 is 24.2 Å². The van der Waals surface area contributed by atoms with Crippen molar-refractivity contribution in [2.45, 2.75) is 0 Å². The number of nitrogen functional groups attached to an aromatic ring is 1. The molecule has 4 N–H and O–H groups in total. The molecule has 0 saturated carbocycles. The summed E-state index contributed by atoms with van der Waals surface area (Å²) in [5, 5.41) is 11.8. The van der Waals surface area contributed by atoms with Crippen LogP contribution in [0, 0.1) is 0 Å². The molecule has 1 saturated heterocycles. The highest BCUT2D eigenvalue weighted by Gasteiger charge is 2.33. The number of benzene rings is 1. The van der Waals surface area contributed by atoms with Crippen molar-refractivity contribution in [1.82, 2.24) is 9.88 Å². The standard InChI is InChI=1S/C18H16N4O6/c19-15-13-10(16(24)20-17(13)25)8-12(23)22(15)11-3-1-2-9(18(26)27)14(11)21-4-6-28-7-5-21/h1-3,8H,4-7,19H2,(H,26,27)(H,20,24,25). The molecule has 0 bridgehead atoms. The lowest BCUT2D eigenvalue weighted by Crippen LogP contribution is -2.38. The molecule has 0 aliphatic carbocycles. The van der Waals surface area contributed by atoms with Gasteiger partial charge in [-0.25, -0.2) is 4.79 Å². The molecule has 28 heavy (non-hydrogen) atoms. The van der Waals surface area contributed by atoms with Crippen LogP contribution in [-0.2, 0) is 4.74 Å². The van der Waals surface area contributed by atoms with E-state index in [2.05, 4.69) is 5.32 Å². The average molecular weight is 384 g/mol. The van der Waals surface area contributed by atoms with Crippen LogP contribution < -0.4 is 21.5 Å². The Kier molecular flexibility index (Phi) is 4.12. The minimum atomic E-state index is -1.16. The number of carbonyl (C=O) groups excluding carboxylic acids is 2. The van der Waals surface area contributed by atoms with Crippen molar-refractivity contribution in [2.24, 2.45) is 0 Å². The van der Waals surface area contributed by atoms with Gasteiger partial charge in [0.25, 0.3) is 17.4 Å². The van der Waals surface area contributed by atoms with E-state index >= 15 is 0 Å². The third kappa shape index (κ3) is 2.62. The molecule has 1 fully saturated rings. The molecular weight excluding hydrogens is 368 g/mol. The predicted molar refractivity (Wildman–Crippen MR) is 98.2 cm³/mol. The molecule has 0 spiro atoms. The number of imide groups is 1. The number of nitrogens with one attached hydrogen (secondary N) is 1. The molecule has 0 unspecified atom stereocenters. The van der Waals surface area contributed by atoms with Gasteiger partial charge in [-0.3, -0.25) is 24.3 Å². The van der Waals surface area contributed by atoms with Gasteiger partial charge in [0.15, 0.2) is 0 Å². The van der Waals surface area contributed by atoms with Gasteiger partial charge in [0, 0.05) is 19.2 Å². The van der Waals surface area contributed by atoms with Gasteiger partial charge < -0.3 is 20.5 Å². The minimum Gasteiger partial charge on any atom is -0.478 e. The minimum absolute atomic E-state index is 0.00766. The Balaban J connectivity index is 2.01. The number of amides is 2. The van der Waals surface area contributed by atoms with Crippen LogP contribution in [-0.4, -0.2) is 53.8 Å². The molecule has 10 nitrogen and oxygen atoms in total. The second-order valence-corrected chi connectivity index (χ2v) is 6.35. The van der Waals surface area contributed by atoms with E-state index in [4.69, 9.17) is 10.5 Å². The SMILES string of the molecule is Nc1c2c(cc(=O)n1-c1cccc(C(=O)O)c1N1CCOCC1)C(=O)NC2=O. The number of nitrogens with two attached hydrogens (primary N) is 1. The van der Waals surface area contributed by atoms with Crippen LogP contribution in [0.2, 0.25) is 0 Å². The number of carbonyl (C=O) groups is 3. The maximum Gasteiger partial charge on any atom is 0.337 e. The van der Waals surface area contributed by atoms with E-state index in [1.54, 1.807) is 11.0 Å². The van der Waals surface area contributed by atoms with Gasteiger partial charge in [-0.15, -0.1) is 0 Å². The molecule has 4 rings (SSSR count). The van der Waals surface area contributed by atoms with E-state index in [0.717, 1.165) is 10.6 Å². The van der Waals surface area contributed by atoms with E-state index in [-0.39, 0.29) is 28.2 Å². The van der Waals surface area contributed by atoms with Gasteiger partial charge in [0.2, 0.25) is 0 Å². The second-order valence-electron chi connectivity index (χ2n) is 6.35.